The average molecular weight is 325 g/mol. The lowest BCUT2D eigenvalue weighted by atomic mass is 9.86. The van der Waals surface area contributed by atoms with Crippen molar-refractivity contribution in [3.05, 3.63) is 24.2 Å². The van der Waals surface area contributed by atoms with Crippen LogP contribution in [0.15, 0.2) is 18.5 Å². The Bertz CT molecular complexity index is 715. The maximum Gasteiger partial charge on any atom is 0.387 e. The Morgan fingerprint density at radius 3 is 2.70 bits per heavy atom. The maximum absolute atomic E-state index is 12.8. The number of aryl methyl sites for hydroxylation is 1. The van der Waals surface area contributed by atoms with E-state index in [9.17, 15) is 13.6 Å². The highest BCUT2D eigenvalue weighted by molar-refractivity contribution is 5.80. The van der Waals surface area contributed by atoms with Gasteiger partial charge in [-0.2, -0.15) is 23.8 Å². The van der Waals surface area contributed by atoms with Crippen LogP contribution < -0.4 is 10.5 Å². The monoisotopic (exact) mass is 325 g/mol. The zero-order valence-electron chi connectivity index (χ0n) is 13.0. The van der Waals surface area contributed by atoms with Crippen molar-refractivity contribution >= 4 is 5.91 Å². The van der Waals surface area contributed by atoms with Crippen molar-refractivity contribution in [2.75, 3.05) is 0 Å². The summed E-state index contributed by atoms with van der Waals surface area (Å²) < 4.78 is 30.3. The first-order chi connectivity index (χ1) is 10.7. The molecule has 2 rings (SSSR count). The Morgan fingerprint density at radius 1 is 1.48 bits per heavy atom. The predicted molar refractivity (Wildman–Crippen MR) is 77.5 cm³/mol. The van der Waals surface area contributed by atoms with E-state index >= 15 is 0 Å². The highest BCUT2D eigenvalue weighted by Crippen LogP contribution is 2.35. The van der Waals surface area contributed by atoms with E-state index in [1.165, 1.54) is 23.3 Å². The van der Waals surface area contributed by atoms with Crippen molar-refractivity contribution in [1.29, 1.82) is 0 Å². The van der Waals surface area contributed by atoms with Crippen molar-refractivity contribution in [3.63, 3.8) is 0 Å². The van der Waals surface area contributed by atoms with Crippen LogP contribution in [0.1, 0.15) is 19.5 Å². The summed E-state index contributed by atoms with van der Waals surface area (Å²) in [6, 6.07) is 1.50. The van der Waals surface area contributed by atoms with Gasteiger partial charge in [0.2, 0.25) is 5.91 Å². The molecule has 23 heavy (non-hydrogen) atoms. The first-order valence-electron chi connectivity index (χ1n) is 6.80. The van der Waals surface area contributed by atoms with Crippen LogP contribution in [0.4, 0.5) is 8.78 Å². The molecular formula is C14H17F2N5O2. The lowest BCUT2D eigenvalue weighted by molar-refractivity contribution is -0.126. The zero-order chi connectivity index (χ0) is 17.2. The summed E-state index contributed by atoms with van der Waals surface area (Å²) in [5, 5.41) is 8.00. The van der Waals surface area contributed by atoms with E-state index in [4.69, 9.17) is 5.73 Å². The molecule has 0 aliphatic rings. The van der Waals surface area contributed by atoms with Gasteiger partial charge < -0.3 is 10.5 Å². The van der Waals surface area contributed by atoms with Gasteiger partial charge in [0.15, 0.2) is 5.75 Å². The number of hydrogen-bond acceptors (Lipinski definition) is 5. The van der Waals surface area contributed by atoms with Crippen molar-refractivity contribution in [2.45, 2.75) is 26.9 Å². The molecule has 0 saturated heterocycles. The molecule has 0 bridgehead atoms. The van der Waals surface area contributed by atoms with E-state index in [1.807, 2.05) is 0 Å². The quantitative estimate of drug-likeness (QED) is 0.869. The summed E-state index contributed by atoms with van der Waals surface area (Å²) in [5.74, 6) is -0.690. The third-order valence-corrected chi connectivity index (χ3v) is 3.34. The van der Waals surface area contributed by atoms with E-state index in [2.05, 4.69) is 19.9 Å². The van der Waals surface area contributed by atoms with Crippen molar-refractivity contribution in [2.24, 2.45) is 18.2 Å². The summed E-state index contributed by atoms with van der Waals surface area (Å²) in [5.41, 5.74) is 5.27. The number of hydrogen-bond donors (Lipinski definition) is 1. The molecule has 7 nitrogen and oxygen atoms in total. The highest BCUT2D eigenvalue weighted by atomic mass is 19.3. The number of nitrogens with zero attached hydrogens (tertiary/aromatic N) is 4. The second-order valence-electron chi connectivity index (χ2n) is 5.66. The highest BCUT2D eigenvalue weighted by Gasteiger charge is 2.29. The van der Waals surface area contributed by atoms with Crippen molar-refractivity contribution in [1.82, 2.24) is 20.0 Å². The number of alkyl halides is 2. The Labute approximate surface area is 131 Å². The van der Waals surface area contributed by atoms with Gasteiger partial charge in [0.1, 0.15) is 5.69 Å². The minimum Gasteiger partial charge on any atom is -0.432 e. The number of ether oxygens (including phenoxy) is 1. The van der Waals surface area contributed by atoms with Crippen LogP contribution >= 0.6 is 0 Å². The molecule has 0 unspecified atom stereocenters. The SMILES string of the molecule is Cn1ncc(-c2ccnc(CC(C)(C)C(N)=O)c2OC(F)F)n1. The molecule has 9 heteroatoms. The van der Waals surface area contributed by atoms with E-state index < -0.39 is 17.9 Å². The van der Waals surface area contributed by atoms with Gasteiger partial charge in [-0.1, -0.05) is 13.8 Å². The van der Waals surface area contributed by atoms with Gasteiger partial charge in [-0.05, 0) is 6.07 Å². The number of halogens is 2. The fourth-order valence-electron chi connectivity index (χ4n) is 2.01. The normalized spacial score (nSPS) is 11.7. The van der Waals surface area contributed by atoms with Crippen LogP contribution in [-0.2, 0) is 18.3 Å². The number of pyridine rings is 1. The number of carbonyl (C=O) groups is 1. The Kier molecular flexibility index (Phi) is 4.57. The van der Waals surface area contributed by atoms with Gasteiger partial charge in [0, 0.05) is 30.6 Å². The Morgan fingerprint density at radius 2 is 2.17 bits per heavy atom. The largest absolute Gasteiger partial charge is 0.432 e. The summed E-state index contributed by atoms with van der Waals surface area (Å²) in [7, 11) is 1.61. The average Bonchev–Trinajstić information content (AvgIpc) is 2.86. The van der Waals surface area contributed by atoms with Crippen LogP contribution in [-0.4, -0.2) is 32.5 Å². The maximum atomic E-state index is 12.8. The predicted octanol–water partition coefficient (Wildman–Crippen LogP) is 1.53. The second kappa shape index (κ2) is 6.27. The molecule has 0 aliphatic heterocycles. The van der Waals surface area contributed by atoms with Crippen LogP contribution in [0.25, 0.3) is 11.3 Å². The standard InChI is InChI=1S/C14H17F2N5O2/c1-14(2,12(17)22)6-9-11(23-13(15)16)8(4-5-18-9)10-7-19-21(3)20-10/h4-5,7,13H,6H2,1-3H3,(H2,17,22). The molecule has 0 aliphatic carbocycles. The van der Waals surface area contributed by atoms with Crippen molar-refractivity contribution in [3.8, 4) is 17.0 Å². The number of primary amides is 1. The van der Waals surface area contributed by atoms with E-state index in [0.29, 0.717) is 11.3 Å². The van der Waals surface area contributed by atoms with Crippen molar-refractivity contribution < 1.29 is 18.3 Å². The van der Waals surface area contributed by atoms with Crippen LogP contribution in [0, 0.1) is 5.41 Å². The fraction of sp³-hybridized carbons (Fsp3) is 0.429. The molecule has 2 N–H and O–H groups in total. The summed E-state index contributed by atoms with van der Waals surface area (Å²) in [6.07, 6.45) is 2.92. The second-order valence-corrected chi connectivity index (χ2v) is 5.66. The number of amides is 1. The molecule has 1 amide bonds. The van der Waals surface area contributed by atoms with Crippen LogP contribution in [0.5, 0.6) is 5.75 Å². The zero-order valence-corrected chi connectivity index (χ0v) is 13.0. The van der Waals surface area contributed by atoms with E-state index in [0.717, 1.165) is 0 Å². The molecule has 0 radical (unpaired) electrons. The number of rotatable bonds is 6. The lowest BCUT2D eigenvalue weighted by Crippen LogP contribution is -2.33. The van der Waals surface area contributed by atoms with Gasteiger partial charge in [-0.15, -0.1) is 0 Å². The topological polar surface area (TPSA) is 95.9 Å². The van der Waals surface area contributed by atoms with Gasteiger partial charge >= 0.3 is 6.61 Å². The fourth-order valence-corrected chi connectivity index (χ4v) is 2.01. The summed E-state index contributed by atoms with van der Waals surface area (Å²) in [4.78, 5) is 16.9. The minimum atomic E-state index is -3.04. The molecule has 2 heterocycles. The molecule has 0 saturated carbocycles. The first-order valence-corrected chi connectivity index (χ1v) is 6.80. The summed E-state index contributed by atoms with van der Waals surface area (Å²) in [6.45, 7) is 0.182. The molecule has 0 atom stereocenters. The third-order valence-electron chi connectivity index (χ3n) is 3.34. The molecule has 2 aromatic heterocycles. The van der Waals surface area contributed by atoms with Gasteiger partial charge in [0.25, 0.3) is 0 Å². The van der Waals surface area contributed by atoms with Crippen LogP contribution in [0.3, 0.4) is 0 Å². The first kappa shape index (κ1) is 16.8. The smallest absolute Gasteiger partial charge is 0.387 e. The van der Waals surface area contributed by atoms with E-state index in [-0.39, 0.29) is 17.9 Å². The Balaban J connectivity index is 2.52. The number of aromatic nitrogens is 4. The lowest BCUT2D eigenvalue weighted by Gasteiger charge is -2.22. The van der Waals surface area contributed by atoms with Gasteiger partial charge in [-0.3, -0.25) is 9.78 Å². The number of carbonyl (C=O) groups excluding carboxylic acids is 1. The summed E-state index contributed by atoms with van der Waals surface area (Å²) >= 11 is 0. The molecule has 124 valence electrons. The molecule has 0 spiro atoms. The molecule has 0 fully saturated rings. The van der Waals surface area contributed by atoms with Gasteiger partial charge in [-0.25, -0.2) is 0 Å². The van der Waals surface area contributed by atoms with Crippen LogP contribution in [0.2, 0.25) is 0 Å². The molecule has 2 aromatic rings. The molecule has 0 aromatic carbocycles. The number of nitrogens with two attached hydrogens (primary N) is 1. The third kappa shape index (κ3) is 3.79. The minimum absolute atomic E-state index is 0.0541. The van der Waals surface area contributed by atoms with Gasteiger partial charge in [0.05, 0.1) is 11.9 Å². The Hall–Kier alpha value is -2.58. The van der Waals surface area contributed by atoms with E-state index in [1.54, 1.807) is 20.9 Å². The molecular weight excluding hydrogens is 308 g/mol.